The van der Waals surface area contributed by atoms with Gasteiger partial charge >= 0.3 is 4.87 Å². The molecule has 1 aromatic carbocycles. The van der Waals surface area contributed by atoms with Gasteiger partial charge in [0.2, 0.25) is 0 Å². The molecule has 0 saturated heterocycles. The summed E-state index contributed by atoms with van der Waals surface area (Å²) in [6.45, 7) is 12.5. The monoisotopic (exact) mass is 344 g/mol. The first-order valence-electron chi connectivity index (χ1n) is 8.07. The minimum absolute atomic E-state index is 0.0385. The average Bonchev–Trinajstić information content (AvgIpc) is 2.94. The van der Waals surface area contributed by atoms with Gasteiger partial charge in [0, 0.05) is 24.5 Å². The topological polar surface area (TPSA) is 45.3 Å². The molecule has 1 aromatic heterocycles. The number of rotatable bonds is 10. The summed E-state index contributed by atoms with van der Waals surface area (Å²) in [4.78, 5) is 18.0. The van der Waals surface area contributed by atoms with Crippen molar-refractivity contribution >= 4 is 11.3 Å². The molecule has 0 bridgehead atoms. The molecule has 2 rings (SSSR count). The van der Waals surface area contributed by atoms with Gasteiger partial charge in [0.1, 0.15) is 5.75 Å². The van der Waals surface area contributed by atoms with Crippen LogP contribution in [0.25, 0.3) is 11.3 Å². The molecule has 0 radical (unpaired) electrons. The van der Waals surface area contributed by atoms with Crippen molar-refractivity contribution in [3.63, 3.8) is 0 Å². The van der Waals surface area contributed by atoms with Gasteiger partial charge in [-0.2, -0.15) is 0 Å². The van der Waals surface area contributed by atoms with Crippen molar-refractivity contribution in [2.24, 2.45) is 0 Å². The molecule has 0 fully saturated rings. The number of aromatic nitrogens is 1. The molecule has 0 aliphatic heterocycles. The lowest BCUT2D eigenvalue weighted by atomic mass is 10.1. The second kappa shape index (κ2) is 9.25. The van der Waals surface area contributed by atoms with Crippen LogP contribution in [0.3, 0.4) is 0 Å². The highest BCUT2D eigenvalue weighted by molar-refractivity contribution is 7.09. The highest BCUT2D eigenvalue weighted by Gasteiger charge is 2.13. The fourth-order valence-corrected chi connectivity index (χ4v) is 3.31. The zero-order chi connectivity index (χ0) is 17.4. The molecular weight excluding hydrogens is 320 g/mol. The summed E-state index contributed by atoms with van der Waals surface area (Å²) in [5.41, 5.74) is 1.87. The van der Waals surface area contributed by atoms with Crippen LogP contribution in [0.15, 0.2) is 54.4 Å². The van der Waals surface area contributed by atoms with Crippen LogP contribution in [0.1, 0.15) is 18.2 Å². The predicted molar refractivity (Wildman–Crippen MR) is 102 cm³/mol. The van der Waals surface area contributed by atoms with Gasteiger partial charge in [-0.15, -0.1) is 13.2 Å². The molecule has 0 amide bonds. The van der Waals surface area contributed by atoms with E-state index in [-0.39, 0.29) is 4.87 Å². The second-order valence-corrected chi connectivity index (χ2v) is 6.52. The first kappa shape index (κ1) is 18.2. The van der Waals surface area contributed by atoms with E-state index in [0.29, 0.717) is 13.2 Å². The Morgan fingerprint density at radius 2 is 1.88 bits per heavy atom. The quantitative estimate of drug-likeness (QED) is 0.661. The molecular formula is C19H24N2O2S. The molecule has 0 aliphatic carbocycles. The fraction of sp³-hybridized carbons (Fsp3) is 0.316. The number of thiazole rings is 1. The lowest BCUT2D eigenvalue weighted by Crippen LogP contribution is -2.23. The van der Waals surface area contributed by atoms with Crippen LogP contribution >= 0.6 is 11.3 Å². The van der Waals surface area contributed by atoms with Crippen molar-refractivity contribution in [2.75, 3.05) is 19.7 Å². The van der Waals surface area contributed by atoms with E-state index < -0.39 is 0 Å². The summed E-state index contributed by atoms with van der Waals surface area (Å²) in [6, 6.07) is 7.85. The summed E-state index contributed by atoms with van der Waals surface area (Å²) in [7, 11) is 0. The van der Waals surface area contributed by atoms with Crippen LogP contribution in [0.2, 0.25) is 0 Å². The van der Waals surface area contributed by atoms with Crippen molar-refractivity contribution < 1.29 is 4.74 Å². The van der Waals surface area contributed by atoms with Crippen molar-refractivity contribution in [1.82, 2.24) is 9.88 Å². The Bertz CT molecular complexity index is 706. The third-order valence-corrected chi connectivity index (χ3v) is 4.35. The van der Waals surface area contributed by atoms with E-state index in [9.17, 15) is 4.79 Å². The van der Waals surface area contributed by atoms with E-state index >= 15 is 0 Å². The van der Waals surface area contributed by atoms with Gasteiger partial charge in [0.05, 0.1) is 12.3 Å². The van der Waals surface area contributed by atoms with Crippen LogP contribution in [0.4, 0.5) is 0 Å². The molecule has 1 heterocycles. The maximum atomic E-state index is 11.9. The van der Waals surface area contributed by atoms with Gasteiger partial charge in [-0.1, -0.05) is 30.4 Å². The molecule has 0 spiro atoms. The normalized spacial score (nSPS) is 10.8. The first-order chi connectivity index (χ1) is 11.7. The van der Waals surface area contributed by atoms with Gasteiger partial charge in [0.25, 0.3) is 0 Å². The van der Waals surface area contributed by atoms with Gasteiger partial charge in [-0.3, -0.25) is 9.69 Å². The van der Waals surface area contributed by atoms with Gasteiger partial charge in [-0.05, 0) is 36.2 Å². The Morgan fingerprint density at radius 3 is 2.46 bits per heavy atom. The van der Waals surface area contributed by atoms with Gasteiger partial charge in [-0.25, -0.2) is 0 Å². The summed E-state index contributed by atoms with van der Waals surface area (Å²) < 4.78 is 5.61. The molecule has 5 heteroatoms. The van der Waals surface area contributed by atoms with Gasteiger partial charge < -0.3 is 9.72 Å². The highest BCUT2D eigenvalue weighted by Crippen LogP contribution is 2.26. The SMILES string of the molecule is C=CCN(CC=C)Cc1sc(=O)[nH]c1-c1ccc(OCCC)cc1. The molecule has 0 aliphatic rings. The zero-order valence-electron chi connectivity index (χ0n) is 14.1. The molecule has 24 heavy (non-hydrogen) atoms. The van der Waals surface area contributed by atoms with E-state index in [2.05, 4.69) is 30.0 Å². The zero-order valence-corrected chi connectivity index (χ0v) is 14.9. The van der Waals surface area contributed by atoms with Crippen molar-refractivity contribution in [2.45, 2.75) is 19.9 Å². The third kappa shape index (κ3) is 4.94. The van der Waals surface area contributed by atoms with E-state index in [1.54, 1.807) is 0 Å². The molecule has 1 N–H and O–H groups in total. The third-order valence-electron chi connectivity index (χ3n) is 3.48. The second-order valence-electron chi connectivity index (χ2n) is 5.46. The molecule has 0 saturated carbocycles. The Hall–Kier alpha value is -2.11. The van der Waals surface area contributed by atoms with Gasteiger partial charge in [0.15, 0.2) is 0 Å². The van der Waals surface area contributed by atoms with E-state index in [0.717, 1.165) is 41.4 Å². The van der Waals surface area contributed by atoms with Crippen molar-refractivity contribution in [3.8, 4) is 17.0 Å². The van der Waals surface area contributed by atoms with Crippen molar-refractivity contribution in [1.29, 1.82) is 0 Å². The number of aromatic amines is 1. The Morgan fingerprint density at radius 1 is 1.21 bits per heavy atom. The van der Waals surface area contributed by atoms with E-state index in [4.69, 9.17) is 4.74 Å². The summed E-state index contributed by atoms with van der Waals surface area (Å²) in [6.07, 6.45) is 4.70. The Kier molecular flexibility index (Phi) is 7.03. The lowest BCUT2D eigenvalue weighted by Gasteiger charge is -2.18. The smallest absolute Gasteiger partial charge is 0.305 e. The molecule has 2 aromatic rings. The Labute approximate surface area is 147 Å². The predicted octanol–water partition coefficient (Wildman–Crippen LogP) is 4.07. The minimum Gasteiger partial charge on any atom is -0.494 e. The van der Waals surface area contributed by atoms with Crippen LogP contribution in [-0.2, 0) is 6.54 Å². The number of hydrogen-bond donors (Lipinski definition) is 1. The number of benzene rings is 1. The lowest BCUT2D eigenvalue weighted by molar-refractivity contribution is 0.317. The molecule has 4 nitrogen and oxygen atoms in total. The highest BCUT2D eigenvalue weighted by atomic mass is 32.1. The van der Waals surface area contributed by atoms with Crippen LogP contribution in [0.5, 0.6) is 5.75 Å². The molecule has 0 atom stereocenters. The fourth-order valence-electron chi connectivity index (χ4n) is 2.41. The summed E-state index contributed by atoms with van der Waals surface area (Å²) >= 11 is 1.25. The van der Waals surface area contributed by atoms with E-state index in [1.807, 2.05) is 36.4 Å². The first-order valence-corrected chi connectivity index (χ1v) is 8.89. The Balaban J connectivity index is 2.22. The standard InChI is InChI=1S/C19H24N2O2S/c1-4-11-21(12-5-2)14-17-18(20-19(22)24-17)15-7-9-16(10-8-15)23-13-6-3/h4-5,7-10H,1-2,6,11-14H2,3H3,(H,20,22). The van der Waals surface area contributed by atoms with Crippen LogP contribution < -0.4 is 9.61 Å². The van der Waals surface area contributed by atoms with Crippen LogP contribution in [-0.4, -0.2) is 29.6 Å². The van der Waals surface area contributed by atoms with Crippen LogP contribution in [0, 0.1) is 0 Å². The maximum Gasteiger partial charge on any atom is 0.305 e. The number of nitrogens with zero attached hydrogens (tertiary/aromatic N) is 1. The maximum absolute atomic E-state index is 11.9. The number of nitrogens with one attached hydrogen (secondary N) is 1. The van der Waals surface area contributed by atoms with Crippen molar-refractivity contribution in [3.05, 3.63) is 64.1 Å². The average molecular weight is 344 g/mol. The van der Waals surface area contributed by atoms with E-state index in [1.165, 1.54) is 11.3 Å². The summed E-state index contributed by atoms with van der Waals surface area (Å²) in [5, 5.41) is 0. The summed E-state index contributed by atoms with van der Waals surface area (Å²) in [5.74, 6) is 0.847. The number of H-pyrrole nitrogens is 1. The molecule has 0 unspecified atom stereocenters. The number of hydrogen-bond acceptors (Lipinski definition) is 4. The molecule has 128 valence electrons. The minimum atomic E-state index is -0.0385. The largest absolute Gasteiger partial charge is 0.494 e. The number of ether oxygens (including phenoxy) is 1.